The average molecular weight is 288 g/mol. The van der Waals surface area contributed by atoms with Crippen LogP contribution >= 0.6 is 0 Å². The van der Waals surface area contributed by atoms with Crippen LogP contribution in [0.15, 0.2) is 12.1 Å². The zero-order valence-electron chi connectivity index (χ0n) is 11.3. The number of carbonyl (C=O) groups excluding carboxylic acids is 1. The fourth-order valence-electron chi connectivity index (χ4n) is 2.35. The van der Waals surface area contributed by atoms with Gasteiger partial charge < -0.3 is 10.4 Å². The van der Waals surface area contributed by atoms with Gasteiger partial charge in [-0.2, -0.15) is 10.5 Å². The maximum Gasteiger partial charge on any atom is 0.229 e. The van der Waals surface area contributed by atoms with Crippen LogP contribution < -0.4 is 5.32 Å². The number of benzene rings is 1. The predicted molar refractivity (Wildman–Crippen MR) is 71.5 cm³/mol. The lowest BCUT2D eigenvalue weighted by molar-refractivity contribution is -0.119. The quantitative estimate of drug-likeness (QED) is 0.796. The largest absolute Gasteiger partial charge is 0.506 e. The normalized spacial score (nSPS) is 21.5. The molecule has 0 bridgehead atoms. The first-order valence-electron chi connectivity index (χ1n) is 6.29. The maximum absolute atomic E-state index is 13.8. The highest BCUT2D eigenvalue weighted by molar-refractivity contribution is 5.94. The van der Waals surface area contributed by atoms with Crippen molar-refractivity contribution in [1.29, 1.82) is 10.5 Å². The molecule has 6 nitrogen and oxygen atoms in total. The molecule has 1 fully saturated rings. The van der Waals surface area contributed by atoms with E-state index in [1.165, 1.54) is 0 Å². The van der Waals surface area contributed by atoms with Gasteiger partial charge >= 0.3 is 0 Å². The van der Waals surface area contributed by atoms with Gasteiger partial charge in [-0.3, -0.25) is 9.69 Å². The number of amides is 1. The molecule has 1 amide bonds. The lowest BCUT2D eigenvalue weighted by atomic mass is 10.0. The van der Waals surface area contributed by atoms with E-state index < -0.39 is 23.4 Å². The Balaban J connectivity index is 2.15. The number of hydrogen-bond acceptors (Lipinski definition) is 5. The molecular weight excluding hydrogens is 275 g/mol. The number of aromatic hydroxyl groups is 1. The molecule has 2 N–H and O–H groups in total. The molecule has 1 aliphatic heterocycles. The SMILES string of the molecule is CN1CC(C(=O)Nc2c(O)cc(C#N)cc2F)CC1C#N. The standard InChI is InChI=1S/C14H13FN4O2/c1-19-7-9(4-10(19)6-17)14(21)18-13-11(15)2-8(5-16)3-12(13)20/h2-3,9-10,20H,4,7H2,1H3,(H,18,21). The van der Waals surface area contributed by atoms with Crippen LogP contribution in [-0.2, 0) is 4.79 Å². The maximum atomic E-state index is 13.8. The van der Waals surface area contributed by atoms with E-state index in [0.717, 1.165) is 12.1 Å². The first-order valence-corrected chi connectivity index (χ1v) is 6.29. The van der Waals surface area contributed by atoms with E-state index in [4.69, 9.17) is 10.5 Å². The van der Waals surface area contributed by atoms with Gasteiger partial charge in [0.1, 0.15) is 11.4 Å². The zero-order chi connectivity index (χ0) is 15.6. The third kappa shape index (κ3) is 2.93. The van der Waals surface area contributed by atoms with Crippen molar-refractivity contribution in [2.75, 3.05) is 18.9 Å². The molecule has 2 rings (SSSR count). The van der Waals surface area contributed by atoms with Crippen molar-refractivity contribution < 1.29 is 14.3 Å². The van der Waals surface area contributed by atoms with E-state index in [2.05, 4.69) is 11.4 Å². The summed E-state index contributed by atoms with van der Waals surface area (Å²) < 4.78 is 13.8. The van der Waals surface area contributed by atoms with Gasteiger partial charge in [0, 0.05) is 12.6 Å². The third-order valence-electron chi connectivity index (χ3n) is 3.51. The van der Waals surface area contributed by atoms with Crippen LogP contribution in [0.3, 0.4) is 0 Å². The Kier molecular flexibility index (Phi) is 4.06. The van der Waals surface area contributed by atoms with E-state index in [-0.39, 0.29) is 17.3 Å². The van der Waals surface area contributed by atoms with Crippen molar-refractivity contribution in [2.24, 2.45) is 5.92 Å². The molecule has 1 heterocycles. The molecule has 0 aromatic heterocycles. The summed E-state index contributed by atoms with van der Waals surface area (Å²) in [5.41, 5.74) is -0.379. The van der Waals surface area contributed by atoms with Crippen LogP contribution in [0.5, 0.6) is 5.75 Å². The second-order valence-electron chi connectivity index (χ2n) is 4.97. The van der Waals surface area contributed by atoms with E-state index in [1.807, 2.05) is 0 Å². The summed E-state index contributed by atoms with van der Waals surface area (Å²) in [6, 6.07) is 5.47. The van der Waals surface area contributed by atoms with Crippen LogP contribution in [0.4, 0.5) is 10.1 Å². The number of phenolic OH excluding ortho intramolecular Hbond substituents is 1. The van der Waals surface area contributed by atoms with E-state index in [0.29, 0.717) is 13.0 Å². The van der Waals surface area contributed by atoms with E-state index in [9.17, 15) is 14.3 Å². The summed E-state index contributed by atoms with van der Waals surface area (Å²) >= 11 is 0. The molecule has 7 heteroatoms. The number of likely N-dealkylation sites (tertiary alicyclic amines) is 1. The van der Waals surface area contributed by atoms with Gasteiger partial charge in [-0.15, -0.1) is 0 Å². The smallest absolute Gasteiger partial charge is 0.229 e. The molecule has 2 atom stereocenters. The van der Waals surface area contributed by atoms with Crippen LogP contribution in [-0.4, -0.2) is 35.5 Å². The van der Waals surface area contributed by atoms with E-state index >= 15 is 0 Å². The number of hydrogen-bond donors (Lipinski definition) is 2. The van der Waals surface area contributed by atoms with E-state index in [1.54, 1.807) is 18.0 Å². The summed E-state index contributed by atoms with van der Waals surface area (Å²) in [6.07, 6.45) is 0.359. The molecule has 1 aromatic rings. The summed E-state index contributed by atoms with van der Waals surface area (Å²) in [6.45, 7) is 0.392. The number of halogens is 1. The molecule has 1 saturated heterocycles. The molecule has 1 aliphatic rings. The van der Waals surface area contributed by atoms with Crippen molar-refractivity contribution in [3.8, 4) is 17.9 Å². The molecule has 0 radical (unpaired) electrons. The number of nitrogens with one attached hydrogen (secondary N) is 1. The van der Waals surface area contributed by atoms with Gasteiger partial charge in [-0.05, 0) is 19.5 Å². The number of nitrogens with zero attached hydrogens (tertiary/aromatic N) is 3. The predicted octanol–water partition coefficient (Wildman–Crippen LogP) is 1.19. The van der Waals surface area contributed by atoms with Crippen LogP contribution in [0.1, 0.15) is 12.0 Å². The number of phenols is 1. The Labute approximate surface area is 121 Å². The molecule has 1 aromatic carbocycles. The number of nitriles is 2. The molecule has 2 unspecified atom stereocenters. The lowest BCUT2D eigenvalue weighted by Crippen LogP contribution is -2.26. The molecule has 21 heavy (non-hydrogen) atoms. The second-order valence-corrected chi connectivity index (χ2v) is 4.97. The highest BCUT2D eigenvalue weighted by Crippen LogP contribution is 2.30. The van der Waals surface area contributed by atoms with Crippen molar-refractivity contribution in [2.45, 2.75) is 12.5 Å². The minimum atomic E-state index is -0.872. The number of rotatable bonds is 2. The van der Waals surface area contributed by atoms with Crippen molar-refractivity contribution >= 4 is 11.6 Å². The number of carbonyl (C=O) groups is 1. The monoisotopic (exact) mass is 288 g/mol. The second kappa shape index (κ2) is 5.78. The Hall–Kier alpha value is -2.64. The summed E-state index contributed by atoms with van der Waals surface area (Å²) in [5, 5.41) is 29.6. The third-order valence-corrected chi connectivity index (χ3v) is 3.51. The van der Waals surface area contributed by atoms with Gasteiger partial charge in [0.2, 0.25) is 5.91 Å². The Morgan fingerprint density at radius 1 is 1.52 bits per heavy atom. The van der Waals surface area contributed by atoms with Crippen molar-refractivity contribution in [3.05, 3.63) is 23.5 Å². The van der Waals surface area contributed by atoms with Gasteiger partial charge in [0.25, 0.3) is 0 Å². The molecular formula is C14H13FN4O2. The summed E-state index contributed by atoms with van der Waals surface area (Å²) in [5.74, 6) is -2.28. The zero-order valence-corrected chi connectivity index (χ0v) is 11.3. The van der Waals surface area contributed by atoms with Gasteiger partial charge in [-0.1, -0.05) is 0 Å². The minimum absolute atomic E-state index is 0.0341. The first-order chi connectivity index (χ1) is 9.96. The van der Waals surface area contributed by atoms with Gasteiger partial charge in [0.05, 0.1) is 29.7 Å². The fourth-order valence-corrected chi connectivity index (χ4v) is 2.35. The van der Waals surface area contributed by atoms with Crippen LogP contribution in [0.25, 0.3) is 0 Å². The lowest BCUT2D eigenvalue weighted by Gasteiger charge is -2.13. The van der Waals surface area contributed by atoms with Crippen LogP contribution in [0, 0.1) is 34.4 Å². The van der Waals surface area contributed by atoms with Crippen LogP contribution in [0.2, 0.25) is 0 Å². The first kappa shape index (κ1) is 14.8. The molecule has 0 spiro atoms. The Morgan fingerprint density at radius 2 is 2.24 bits per heavy atom. The molecule has 0 saturated carbocycles. The number of anilines is 1. The van der Waals surface area contributed by atoms with Crippen molar-refractivity contribution in [1.82, 2.24) is 4.90 Å². The highest BCUT2D eigenvalue weighted by atomic mass is 19.1. The van der Waals surface area contributed by atoms with Gasteiger partial charge in [-0.25, -0.2) is 4.39 Å². The van der Waals surface area contributed by atoms with Gasteiger partial charge in [0.15, 0.2) is 5.82 Å². The summed E-state index contributed by atoms with van der Waals surface area (Å²) in [4.78, 5) is 13.8. The Morgan fingerprint density at radius 3 is 2.76 bits per heavy atom. The summed E-state index contributed by atoms with van der Waals surface area (Å²) in [7, 11) is 1.74. The molecule has 108 valence electrons. The minimum Gasteiger partial charge on any atom is -0.506 e. The molecule has 0 aliphatic carbocycles. The highest BCUT2D eigenvalue weighted by Gasteiger charge is 2.34. The van der Waals surface area contributed by atoms with Crippen molar-refractivity contribution in [3.63, 3.8) is 0 Å². The Bertz CT molecular complexity index is 639. The topological polar surface area (TPSA) is 100 Å². The average Bonchev–Trinajstić information content (AvgIpc) is 2.83. The fraction of sp³-hybridized carbons (Fsp3) is 0.357.